The molecule has 1 atom stereocenters. The van der Waals surface area contributed by atoms with Gasteiger partial charge in [-0.2, -0.15) is 0 Å². The third kappa shape index (κ3) is 2.53. The lowest BCUT2D eigenvalue weighted by Gasteiger charge is -2.13. The predicted octanol–water partition coefficient (Wildman–Crippen LogP) is 0.694. The highest BCUT2D eigenvalue weighted by atomic mass is 32.2. The lowest BCUT2D eigenvalue weighted by atomic mass is 10.2. The monoisotopic (exact) mass is 229 g/mol. The molecule has 0 aliphatic carbocycles. The number of hydrogen-bond donors (Lipinski definition) is 2. The summed E-state index contributed by atoms with van der Waals surface area (Å²) in [5, 5.41) is 12.5. The number of carbonyl (C=O) groups is 2. The van der Waals surface area contributed by atoms with Crippen LogP contribution in [0.15, 0.2) is 22.8 Å². The van der Waals surface area contributed by atoms with Crippen LogP contribution in [0.2, 0.25) is 0 Å². The summed E-state index contributed by atoms with van der Waals surface area (Å²) in [5.41, 5.74) is 0.503. The van der Waals surface area contributed by atoms with Crippen LogP contribution in [0.4, 0.5) is 0 Å². The van der Waals surface area contributed by atoms with E-state index in [2.05, 4.69) is 10.1 Å². The summed E-state index contributed by atoms with van der Waals surface area (Å²) >= 11 is 1.23. The maximum atomic E-state index is 11.3. The van der Waals surface area contributed by atoms with Gasteiger partial charge in [0.05, 0.1) is 12.7 Å². The van der Waals surface area contributed by atoms with Gasteiger partial charge < -0.3 is 15.2 Å². The quantitative estimate of drug-likeness (QED) is 0.548. The fourth-order valence-electron chi connectivity index (χ4n) is 1.10. The Morgan fingerprint density at radius 3 is 2.73 bits per heavy atom. The molecule has 0 saturated heterocycles. The molecule has 0 radical (unpaired) electrons. The van der Waals surface area contributed by atoms with E-state index in [0.29, 0.717) is 5.57 Å². The molecule has 1 unspecified atom stereocenters. The van der Waals surface area contributed by atoms with Gasteiger partial charge in [-0.1, -0.05) is 6.08 Å². The van der Waals surface area contributed by atoms with Crippen LogP contribution >= 0.6 is 11.8 Å². The SMILES string of the molecule is C/C=C(/C(=O)OC)C1NC(C(=O)O)=CS1. The summed E-state index contributed by atoms with van der Waals surface area (Å²) in [7, 11) is 1.29. The number of aliphatic carboxylic acids is 1. The number of hydrogen-bond acceptors (Lipinski definition) is 5. The van der Waals surface area contributed by atoms with Gasteiger partial charge in [0.15, 0.2) is 0 Å². The van der Waals surface area contributed by atoms with Gasteiger partial charge in [-0.25, -0.2) is 9.59 Å². The smallest absolute Gasteiger partial charge is 0.352 e. The van der Waals surface area contributed by atoms with Gasteiger partial charge in [0, 0.05) is 5.41 Å². The minimum absolute atomic E-state index is 0.0910. The maximum absolute atomic E-state index is 11.3. The summed E-state index contributed by atoms with van der Waals surface area (Å²) in [6, 6.07) is 0. The van der Waals surface area contributed by atoms with Crippen molar-refractivity contribution in [3.05, 3.63) is 22.8 Å². The van der Waals surface area contributed by atoms with Crippen LogP contribution in [-0.2, 0) is 14.3 Å². The summed E-state index contributed by atoms with van der Waals surface area (Å²) in [4.78, 5) is 21.9. The minimum Gasteiger partial charge on any atom is -0.477 e. The van der Waals surface area contributed by atoms with Crippen LogP contribution in [0.3, 0.4) is 0 Å². The van der Waals surface area contributed by atoms with Crippen molar-refractivity contribution >= 4 is 23.7 Å². The van der Waals surface area contributed by atoms with Crippen molar-refractivity contribution in [3.63, 3.8) is 0 Å². The van der Waals surface area contributed by atoms with E-state index in [1.54, 1.807) is 13.0 Å². The van der Waals surface area contributed by atoms with Crippen LogP contribution in [0, 0.1) is 0 Å². The van der Waals surface area contributed by atoms with E-state index < -0.39 is 11.9 Å². The van der Waals surface area contributed by atoms with Gasteiger partial charge in [-0.15, -0.1) is 11.8 Å². The van der Waals surface area contributed by atoms with Gasteiger partial charge in [-0.05, 0) is 6.92 Å². The Balaban J connectivity index is 2.70. The highest BCUT2D eigenvalue weighted by Gasteiger charge is 2.27. The van der Waals surface area contributed by atoms with Gasteiger partial charge in [-0.3, -0.25) is 0 Å². The first-order chi connectivity index (χ1) is 7.10. The van der Waals surface area contributed by atoms with Crippen LogP contribution < -0.4 is 5.32 Å². The van der Waals surface area contributed by atoms with Gasteiger partial charge >= 0.3 is 11.9 Å². The fourth-order valence-corrected chi connectivity index (χ4v) is 2.12. The summed E-state index contributed by atoms with van der Waals surface area (Å²) in [6.07, 6.45) is 1.61. The molecule has 1 aliphatic rings. The van der Waals surface area contributed by atoms with Gasteiger partial charge in [0.2, 0.25) is 0 Å². The molecular weight excluding hydrogens is 218 g/mol. The average molecular weight is 229 g/mol. The number of ether oxygens (including phenoxy) is 1. The van der Waals surface area contributed by atoms with E-state index in [1.807, 2.05) is 0 Å². The van der Waals surface area contributed by atoms with Crippen LogP contribution in [0.5, 0.6) is 0 Å². The lowest BCUT2D eigenvalue weighted by Crippen LogP contribution is -2.29. The Bertz CT molecular complexity index is 348. The Morgan fingerprint density at radius 2 is 2.33 bits per heavy atom. The molecule has 82 valence electrons. The van der Waals surface area contributed by atoms with Crippen molar-refractivity contribution in [1.82, 2.24) is 5.32 Å². The first kappa shape index (κ1) is 11.6. The van der Waals surface area contributed by atoms with Crippen LogP contribution in [-0.4, -0.2) is 29.5 Å². The van der Waals surface area contributed by atoms with E-state index in [-0.39, 0.29) is 11.1 Å². The molecule has 0 amide bonds. The first-order valence-electron chi connectivity index (χ1n) is 4.20. The normalized spacial score (nSPS) is 20.5. The zero-order valence-electron chi connectivity index (χ0n) is 8.31. The highest BCUT2D eigenvalue weighted by Crippen LogP contribution is 2.26. The molecule has 0 aromatic carbocycles. The van der Waals surface area contributed by atoms with Crippen molar-refractivity contribution < 1.29 is 19.4 Å². The molecule has 0 spiro atoms. The number of esters is 1. The minimum atomic E-state index is -1.04. The largest absolute Gasteiger partial charge is 0.477 e. The molecule has 0 aromatic heterocycles. The predicted molar refractivity (Wildman–Crippen MR) is 56.0 cm³/mol. The van der Waals surface area contributed by atoms with Crippen LogP contribution in [0.25, 0.3) is 0 Å². The van der Waals surface area contributed by atoms with E-state index in [0.717, 1.165) is 0 Å². The second-order valence-electron chi connectivity index (χ2n) is 2.73. The third-order valence-electron chi connectivity index (χ3n) is 1.85. The number of thioether (sulfide) groups is 1. The molecular formula is C9H11NO4S. The standard InChI is InChI=1S/C9H11NO4S/c1-3-5(9(13)14-2)7-10-6(4-15-7)8(11)12/h3-4,7,10H,1-2H3,(H,11,12)/b5-3+. The Hall–Kier alpha value is -1.43. The Kier molecular flexibility index (Phi) is 3.79. The van der Waals surface area contributed by atoms with Crippen molar-refractivity contribution in [2.45, 2.75) is 12.3 Å². The topological polar surface area (TPSA) is 75.6 Å². The molecule has 6 heteroatoms. The number of rotatable bonds is 3. The zero-order chi connectivity index (χ0) is 11.4. The molecule has 1 rings (SSSR count). The summed E-state index contributed by atoms with van der Waals surface area (Å²) in [6.45, 7) is 1.70. The molecule has 2 N–H and O–H groups in total. The maximum Gasteiger partial charge on any atom is 0.352 e. The van der Waals surface area contributed by atoms with E-state index >= 15 is 0 Å². The van der Waals surface area contributed by atoms with Gasteiger partial charge in [0.25, 0.3) is 0 Å². The number of allylic oxidation sites excluding steroid dienone is 1. The van der Waals surface area contributed by atoms with E-state index in [9.17, 15) is 9.59 Å². The molecule has 0 fully saturated rings. The lowest BCUT2D eigenvalue weighted by molar-refractivity contribution is -0.136. The molecule has 0 saturated carbocycles. The molecule has 0 aromatic rings. The van der Waals surface area contributed by atoms with Crippen molar-refractivity contribution in [2.24, 2.45) is 0 Å². The molecule has 15 heavy (non-hydrogen) atoms. The molecule has 5 nitrogen and oxygen atoms in total. The molecule has 0 bridgehead atoms. The number of methoxy groups -OCH3 is 1. The number of carboxylic acid groups (broad SMARTS) is 1. The molecule has 1 aliphatic heterocycles. The van der Waals surface area contributed by atoms with E-state index in [4.69, 9.17) is 5.11 Å². The van der Waals surface area contributed by atoms with E-state index in [1.165, 1.54) is 24.3 Å². The summed E-state index contributed by atoms with van der Waals surface area (Å²) < 4.78 is 4.58. The number of carboxylic acids is 1. The third-order valence-corrected chi connectivity index (χ3v) is 2.87. The Labute approximate surface area is 91.2 Å². The highest BCUT2D eigenvalue weighted by molar-refractivity contribution is 8.03. The van der Waals surface area contributed by atoms with Crippen molar-refractivity contribution in [2.75, 3.05) is 7.11 Å². The van der Waals surface area contributed by atoms with Crippen molar-refractivity contribution in [1.29, 1.82) is 0 Å². The second kappa shape index (κ2) is 4.88. The number of nitrogens with one attached hydrogen (secondary N) is 1. The summed E-state index contributed by atoms with van der Waals surface area (Å²) in [5.74, 6) is -1.49. The zero-order valence-corrected chi connectivity index (χ0v) is 9.13. The second-order valence-corrected chi connectivity index (χ2v) is 3.71. The Morgan fingerprint density at radius 1 is 1.67 bits per heavy atom. The fraction of sp³-hybridized carbons (Fsp3) is 0.333. The molecule has 1 heterocycles. The van der Waals surface area contributed by atoms with Crippen LogP contribution in [0.1, 0.15) is 6.92 Å². The first-order valence-corrected chi connectivity index (χ1v) is 5.14. The average Bonchev–Trinajstić information content (AvgIpc) is 2.68. The number of carbonyl (C=O) groups excluding carboxylic acids is 1. The van der Waals surface area contributed by atoms with Gasteiger partial charge in [0.1, 0.15) is 11.1 Å². The van der Waals surface area contributed by atoms with Crippen molar-refractivity contribution in [3.8, 4) is 0 Å².